The number of nitrogens with two attached hydrogens (primary N) is 1. The van der Waals surface area contributed by atoms with E-state index in [2.05, 4.69) is 19.9 Å². The predicted octanol–water partition coefficient (Wildman–Crippen LogP) is 3.25. The van der Waals surface area contributed by atoms with E-state index in [9.17, 15) is 0 Å². The van der Waals surface area contributed by atoms with Crippen LogP contribution < -0.4 is 5.73 Å². The van der Waals surface area contributed by atoms with Gasteiger partial charge in [0.05, 0.1) is 0 Å². The second-order valence-corrected chi connectivity index (χ2v) is 4.45. The molecule has 0 aromatic heterocycles. The molecule has 0 amide bonds. The zero-order valence-electron chi connectivity index (χ0n) is 9.05. The molecule has 1 saturated carbocycles. The van der Waals surface area contributed by atoms with Gasteiger partial charge < -0.3 is 5.73 Å². The molecule has 0 radical (unpaired) electrons. The second kappa shape index (κ2) is 5.43. The lowest BCUT2D eigenvalue weighted by Gasteiger charge is -2.12. The van der Waals surface area contributed by atoms with E-state index in [1.165, 1.54) is 44.1 Å². The second-order valence-electron chi connectivity index (χ2n) is 4.45. The first kappa shape index (κ1) is 10.8. The summed E-state index contributed by atoms with van der Waals surface area (Å²) >= 11 is 0. The van der Waals surface area contributed by atoms with Gasteiger partial charge in [-0.25, -0.2) is 0 Å². The van der Waals surface area contributed by atoms with Crippen molar-refractivity contribution in [2.75, 3.05) is 0 Å². The minimum atomic E-state index is 0.239. The monoisotopic (exact) mass is 181 g/mol. The molecule has 1 heteroatoms. The largest absolute Gasteiger partial charge is 0.324 e. The van der Waals surface area contributed by atoms with Crippen LogP contribution in [0.2, 0.25) is 0 Å². The maximum Gasteiger partial charge on any atom is 0.0222 e. The summed E-state index contributed by atoms with van der Waals surface area (Å²) < 4.78 is 0. The van der Waals surface area contributed by atoms with Crippen LogP contribution in [0.15, 0.2) is 11.6 Å². The quantitative estimate of drug-likeness (QED) is 0.513. The summed E-state index contributed by atoms with van der Waals surface area (Å²) in [5, 5.41) is 0. The number of hydrogen-bond acceptors (Lipinski definition) is 1. The van der Waals surface area contributed by atoms with Crippen LogP contribution in [0.5, 0.6) is 0 Å². The normalized spacial score (nSPS) is 24.1. The van der Waals surface area contributed by atoms with Gasteiger partial charge in [0.15, 0.2) is 0 Å². The van der Waals surface area contributed by atoms with Crippen molar-refractivity contribution in [3.63, 3.8) is 0 Å². The number of hydrogen-bond donors (Lipinski definition) is 1. The fourth-order valence-corrected chi connectivity index (χ4v) is 2.00. The van der Waals surface area contributed by atoms with E-state index in [0.717, 1.165) is 5.92 Å². The molecule has 0 heterocycles. The van der Waals surface area contributed by atoms with Gasteiger partial charge in [0, 0.05) is 6.04 Å². The molecule has 1 nitrogen and oxygen atoms in total. The fraction of sp³-hybridized carbons (Fsp3) is 0.833. The maximum atomic E-state index is 5.82. The van der Waals surface area contributed by atoms with Crippen LogP contribution in [0.4, 0.5) is 0 Å². The lowest BCUT2D eigenvalue weighted by molar-refractivity contribution is 0.552. The molecule has 1 rings (SSSR count). The van der Waals surface area contributed by atoms with Gasteiger partial charge in [-0.3, -0.25) is 0 Å². The highest BCUT2D eigenvalue weighted by Gasteiger charge is 2.10. The van der Waals surface area contributed by atoms with Gasteiger partial charge in [0.25, 0.3) is 0 Å². The Bertz CT molecular complexity index is 162. The van der Waals surface area contributed by atoms with E-state index in [1.54, 1.807) is 0 Å². The van der Waals surface area contributed by atoms with Crippen LogP contribution in [-0.2, 0) is 0 Å². The smallest absolute Gasteiger partial charge is 0.0222 e. The van der Waals surface area contributed by atoms with E-state index in [1.807, 2.05) is 0 Å². The highest BCUT2D eigenvalue weighted by atomic mass is 14.6. The molecule has 1 unspecified atom stereocenters. The van der Waals surface area contributed by atoms with Gasteiger partial charge in [0.1, 0.15) is 0 Å². The highest BCUT2D eigenvalue weighted by molar-refractivity contribution is 5.07. The zero-order valence-corrected chi connectivity index (χ0v) is 9.05. The van der Waals surface area contributed by atoms with Crippen molar-refractivity contribution in [2.45, 2.75) is 58.4 Å². The Morgan fingerprint density at radius 3 is 2.23 bits per heavy atom. The highest BCUT2D eigenvalue weighted by Crippen LogP contribution is 2.24. The SMILES string of the molecule is C/C(=C\C1CCCCCC1)C(C)N. The van der Waals surface area contributed by atoms with Gasteiger partial charge >= 0.3 is 0 Å². The number of allylic oxidation sites excluding steroid dienone is 1. The van der Waals surface area contributed by atoms with Crippen molar-refractivity contribution in [1.82, 2.24) is 0 Å². The third kappa shape index (κ3) is 3.95. The molecule has 1 aliphatic carbocycles. The third-order valence-electron chi connectivity index (χ3n) is 3.12. The third-order valence-corrected chi connectivity index (χ3v) is 3.12. The van der Waals surface area contributed by atoms with Crippen molar-refractivity contribution in [1.29, 1.82) is 0 Å². The summed E-state index contributed by atoms with van der Waals surface area (Å²) in [5.41, 5.74) is 7.19. The van der Waals surface area contributed by atoms with Crippen LogP contribution in [0, 0.1) is 5.92 Å². The fourth-order valence-electron chi connectivity index (χ4n) is 2.00. The molecule has 2 N–H and O–H groups in total. The first-order valence-electron chi connectivity index (χ1n) is 5.64. The molecular weight excluding hydrogens is 158 g/mol. The molecule has 0 aliphatic heterocycles. The van der Waals surface area contributed by atoms with Crippen molar-refractivity contribution < 1.29 is 0 Å². The van der Waals surface area contributed by atoms with Gasteiger partial charge in [0.2, 0.25) is 0 Å². The molecule has 0 spiro atoms. The van der Waals surface area contributed by atoms with Gasteiger partial charge in [-0.1, -0.05) is 37.3 Å². The van der Waals surface area contributed by atoms with Crippen LogP contribution in [0.25, 0.3) is 0 Å². The molecule has 76 valence electrons. The van der Waals surface area contributed by atoms with E-state index < -0.39 is 0 Å². The minimum Gasteiger partial charge on any atom is -0.324 e. The molecule has 0 aromatic carbocycles. The standard InChI is InChI=1S/C12H23N/c1-10(11(2)13)9-12-7-5-3-4-6-8-12/h9,11-12H,3-8,13H2,1-2H3/b10-9+. The predicted molar refractivity (Wildman–Crippen MR) is 58.6 cm³/mol. The topological polar surface area (TPSA) is 26.0 Å². The van der Waals surface area contributed by atoms with Crippen molar-refractivity contribution >= 4 is 0 Å². The number of rotatable bonds is 2. The molecule has 0 bridgehead atoms. The molecule has 0 aromatic rings. The molecule has 1 atom stereocenters. The lowest BCUT2D eigenvalue weighted by Crippen LogP contribution is -2.16. The van der Waals surface area contributed by atoms with E-state index >= 15 is 0 Å². The first-order chi connectivity index (χ1) is 6.20. The first-order valence-corrected chi connectivity index (χ1v) is 5.64. The Balaban J connectivity index is 2.45. The van der Waals surface area contributed by atoms with Crippen molar-refractivity contribution in [2.24, 2.45) is 11.7 Å². The van der Waals surface area contributed by atoms with E-state index in [0.29, 0.717) is 0 Å². The Morgan fingerprint density at radius 1 is 1.23 bits per heavy atom. The average molecular weight is 181 g/mol. The summed E-state index contributed by atoms with van der Waals surface area (Å²) in [6.45, 7) is 4.23. The lowest BCUT2D eigenvalue weighted by atomic mass is 9.96. The van der Waals surface area contributed by atoms with Gasteiger partial charge in [-0.2, -0.15) is 0 Å². The van der Waals surface area contributed by atoms with Crippen LogP contribution >= 0.6 is 0 Å². The molecule has 1 fully saturated rings. The Kier molecular flexibility index (Phi) is 4.51. The summed E-state index contributed by atoms with van der Waals surface area (Å²) in [7, 11) is 0. The summed E-state index contributed by atoms with van der Waals surface area (Å²) in [6.07, 6.45) is 10.9. The van der Waals surface area contributed by atoms with Gasteiger partial charge in [-0.15, -0.1) is 0 Å². The Labute approximate surface area is 82.4 Å². The summed E-state index contributed by atoms with van der Waals surface area (Å²) in [4.78, 5) is 0. The van der Waals surface area contributed by atoms with Gasteiger partial charge in [-0.05, 0) is 32.6 Å². The minimum absolute atomic E-state index is 0.239. The van der Waals surface area contributed by atoms with Crippen molar-refractivity contribution in [3.8, 4) is 0 Å². The zero-order chi connectivity index (χ0) is 9.68. The van der Waals surface area contributed by atoms with Crippen molar-refractivity contribution in [3.05, 3.63) is 11.6 Å². The molecule has 13 heavy (non-hydrogen) atoms. The van der Waals surface area contributed by atoms with Crippen LogP contribution in [0.1, 0.15) is 52.4 Å². The summed E-state index contributed by atoms with van der Waals surface area (Å²) in [6, 6.07) is 0.239. The Hall–Kier alpha value is -0.300. The van der Waals surface area contributed by atoms with Crippen LogP contribution in [-0.4, -0.2) is 6.04 Å². The Morgan fingerprint density at radius 2 is 1.77 bits per heavy atom. The maximum absolute atomic E-state index is 5.82. The summed E-state index contributed by atoms with van der Waals surface area (Å²) in [5.74, 6) is 0.813. The van der Waals surface area contributed by atoms with Crippen LogP contribution in [0.3, 0.4) is 0 Å². The molecule has 0 saturated heterocycles. The molecule has 1 aliphatic rings. The molecular formula is C12H23N. The van der Waals surface area contributed by atoms with E-state index in [4.69, 9.17) is 5.73 Å². The average Bonchev–Trinajstić information content (AvgIpc) is 2.32. The van der Waals surface area contributed by atoms with E-state index in [-0.39, 0.29) is 6.04 Å².